The molecule has 0 fully saturated rings. The van der Waals surface area contributed by atoms with Crippen LogP contribution in [0.1, 0.15) is 24.5 Å². The molecule has 0 saturated heterocycles. The van der Waals surface area contributed by atoms with Crippen molar-refractivity contribution in [1.29, 1.82) is 0 Å². The molecule has 2 N–H and O–H groups in total. The Kier molecular flexibility index (Phi) is 5.18. The Hall–Kier alpha value is -2.70. The zero-order chi connectivity index (χ0) is 18.6. The summed E-state index contributed by atoms with van der Waals surface area (Å²) in [4.78, 5) is 18.7. The summed E-state index contributed by atoms with van der Waals surface area (Å²) in [5.41, 5.74) is 5.35. The molecule has 6 nitrogen and oxygen atoms in total. The fourth-order valence-corrected chi connectivity index (χ4v) is 3.54. The van der Waals surface area contributed by atoms with E-state index in [0.29, 0.717) is 0 Å². The standard InChI is InChI=1S/C21H24N4O2/c1-2-27-12-10-22-13-15-3-5-16(6-4-15)21-23-14-17-7-8-19(26)24-18-9-11-25(21)20(17)18/h3-8,14,22H,2,9-13H2,1H3,(H,24,26). The van der Waals surface area contributed by atoms with Gasteiger partial charge in [0.25, 0.3) is 0 Å². The minimum absolute atomic E-state index is 0.0719. The van der Waals surface area contributed by atoms with E-state index < -0.39 is 0 Å². The monoisotopic (exact) mass is 364 g/mol. The van der Waals surface area contributed by atoms with Crippen molar-refractivity contribution >= 4 is 11.7 Å². The zero-order valence-electron chi connectivity index (χ0n) is 15.5. The van der Waals surface area contributed by atoms with E-state index in [-0.39, 0.29) is 5.91 Å². The number of aliphatic imine (C=N–C) groups is 1. The lowest BCUT2D eigenvalue weighted by Gasteiger charge is -2.27. The van der Waals surface area contributed by atoms with Gasteiger partial charge in [-0.15, -0.1) is 0 Å². The highest BCUT2D eigenvalue weighted by Crippen LogP contribution is 2.34. The number of rotatable bonds is 7. The van der Waals surface area contributed by atoms with E-state index in [9.17, 15) is 4.79 Å². The molecule has 3 heterocycles. The van der Waals surface area contributed by atoms with Gasteiger partial charge in [-0.2, -0.15) is 0 Å². The molecular formula is C21H24N4O2. The minimum atomic E-state index is -0.0719. The predicted octanol–water partition coefficient (Wildman–Crippen LogP) is 2.06. The molecule has 0 spiro atoms. The van der Waals surface area contributed by atoms with Gasteiger partial charge in [0, 0.05) is 61.8 Å². The van der Waals surface area contributed by atoms with Gasteiger partial charge in [-0.1, -0.05) is 24.3 Å². The second kappa shape index (κ2) is 7.90. The molecule has 0 radical (unpaired) electrons. The number of allylic oxidation sites excluding steroid dienone is 1. The molecule has 1 amide bonds. The first-order valence-corrected chi connectivity index (χ1v) is 9.42. The number of ether oxygens (including phenoxy) is 1. The van der Waals surface area contributed by atoms with Crippen LogP contribution in [0.25, 0.3) is 0 Å². The lowest BCUT2D eigenvalue weighted by atomic mass is 10.1. The molecule has 3 aliphatic heterocycles. The van der Waals surface area contributed by atoms with Gasteiger partial charge in [0.15, 0.2) is 0 Å². The fourth-order valence-electron chi connectivity index (χ4n) is 3.54. The topological polar surface area (TPSA) is 66.0 Å². The van der Waals surface area contributed by atoms with Gasteiger partial charge in [-0.3, -0.25) is 4.79 Å². The average Bonchev–Trinajstić information content (AvgIpc) is 3.02. The number of benzene rings is 1. The van der Waals surface area contributed by atoms with Gasteiger partial charge in [0.2, 0.25) is 5.91 Å². The molecule has 140 valence electrons. The molecule has 0 atom stereocenters. The number of amides is 1. The van der Waals surface area contributed by atoms with Crippen molar-refractivity contribution in [3.8, 4) is 0 Å². The van der Waals surface area contributed by atoms with Crippen molar-refractivity contribution in [3.05, 3.63) is 70.7 Å². The maximum atomic E-state index is 11.8. The summed E-state index contributed by atoms with van der Waals surface area (Å²) >= 11 is 0. The third-order valence-electron chi connectivity index (χ3n) is 4.85. The van der Waals surface area contributed by atoms with E-state index in [2.05, 4.69) is 44.8 Å². The van der Waals surface area contributed by atoms with Crippen molar-refractivity contribution in [3.63, 3.8) is 0 Å². The third-order valence-corrected chi connectivity index (χ3v) is 4.85. The first kappa shape index (κ1) is 17.7. The predicted molar refractivity (Wildman–Crippen MR) is 105 cm³/mol. The maximum Gasteiger partial charge on any atom is 0.248 e. The van der Waals surface area contributed by atoms with Crippen LogP contribution in [0, 0.1) is 0 Å². The quantitative estimate of drug-likeness (QED) is 0.727. The van der Waals surface area contributed by atoms with E-state index in [1.165, 1.54) is 5.56 Å². The highest BCUT2D eigenvalue weighted by atomic mass is 16.5. The molecule has 0 saturated carbocycles. The Balaban J connectivity index is 1.48. The maximum absolute atomic E-state index is 11.8. The SMILES string of the molecule is CCOCCNCc1ccc(C2=NC=C3C=CC(=O)NC4=C3N2CC4)cc1. The Bertz CT molecular complexity index is 849. The van der Waals surface area contributed by atoms with E-state index in [1.807, 2.05) is 19.2 Å². The lowest BCUT2D eigenvalue weighted by molar-refractivity contribution is -0.115. The average molecular weight is 364 g/mol. The van der Waals surface area contributed by atoms with Gasteiger partial charge in [0.05, 0.1) is 12.3 Å². The van der Waals surface area contributed by atoms with Crippen molar-refractivity contribution in [2.24, 2.45) is 4.99 Å². The molecule has 0 aromatic heterocycles. The van der Waals surface area contributed by atoms with Crippen LogP contribution in [0.5, 0.6) is 0 Å². The third kappa shape index (κ3) is 3.72. The van der Waals surface area contributed by atoms with E-state index in [1.54, 1.807) is 6.08 Å². The van der Waals surface area contributed by atoms with Crippen LogP contribution in [-0.4, -0.2) is 42.9 Å². The molecule has 6 heteroatoms. The van der Waals surface area contributed by atoms with Crippen molar-refractivity contribution in [2.75, 3.05) is 26.3 Å². The van der Waals surface area contributed by atoms with Crippen LogP contribution >= 0.6 is 0 Å². The van der Waals surface area contributed by atoms with Crippen molar-refractivity contribution in [1.82, 2.24) is 15.5 Å². The normalized spacial score (nSPS) is 18.1. The highest BCUT2D eigenvalue weighted by molar-refractivity contribution is 6.02. The van der Waals surface area contributed by atoms with Gasteiger partial charge in [0.1, 0.15) is 5.84 Å². The zero-order valence-corrected chi connectivity index (χ0v) is 15.5. The molecule has 0 unspecified atom stereocenters. The minimum Gasteiger partial charge on any atom is -0.380 e. The highest BCUT2D eigenvalue weighted by Gasteiger charge is 2.32. The number of hydrogen-bond donors (Lipinski definition) is 2. The summed E-state index contributed by atoms with van der Waals surface area (Å²) in [6.07, 6.45) is 6.08. The summed E-state index contributed by atoms with van der Waals surface area (Å²) in [5.74, 6) is 0.863. The van der Waals surface area contributed by atoms with Gasteiger partial charge < -0.3 is 20.3 Å². The van der Waals surface area contributed by atoms with E-state index in [4.69, 9.17) is 4.74 Å². The number of nitrogens with zero attached hydrogens (tertiary/aromatic N) is 2. The number of carbonyl (C=O) groups is 1. The summed E-state index contributed by atoms with van der Waals surface area (Å²) < 4.78 is 5.33. The molecule has 1 aromatic carbocycles. The molecule has 27 heavy (non-hydrogen) atoms. The second-order valence-electron chi connectivity index (χ2n) is 6.66. The number of nitrogens with one attached hydrogen (secondary N) is 2. The number of amidine groups is 1. The summed E-state index contributed by atoms with van der Waals surface area (Å²) in [6.45, 7) is 5.99. The molecule has 0 aliphatic carbocycles. The molecule has 4 rings (SSSR count). The number of hydrogen-bond acceptors (Lipinski definition) is 5. The van der Waals surface area contributed by atoms with Crippen LogP contribution in [0.2, 0.25) is 0 Å². The lowest BCUT2D eigenvalue weighted by Crippen LogP contribution is -2.31. The van der Waals surface area contributed by atoms with Gasteiger partial charge in [-0.25, -0.2) is 4.99 Å². The van der Waals surface area contributed by atoms with E-state index >= 15 is 0 Å². The van der Waals surface area contributed by atoms with Crippen LogP contribution < -0.4 is 10.6 Å². The molecule has 0 bridgehead atoms. The molecule has 3 aliphatic rings. The summed E-state index contributed by atoms with van der Waals surface area (Å²) in [6, 6.07) is 8.48. The summed E-state index contributed by atoms with van der Waals surface area (Å²) in [5, 5.41) is 6.37. The number of carbonyl (C=O) groups excluding carboxylic acids is 1. The van der Waals surface area contributed by atoms with E-state index in [0.717, 1.165) is 67.6 Å². The Morgan fingerprint density at radius 2 is 2.11 bits per heavy atom. The Morgan fingerprint density at radius 3 is 2.93 bits per heavy atom. The smallest absolute Gasteiger partial charge is 0.248 e. The molecular weight excluding hydrogens is 340 g/mol. The first-order chi connectivity index (χ1) is 13.3. The Labute approximate surface area is 159 Å². The second-order valence-corrected chi connectivity index (χ2v) is 6.66. The summed E-state index contributed by atoms with van der Waals surface area (Å²) in [7, 11) is 0. The van der Waals surface area contributed by atoms with Crippen LogP contribution in [0.15, 0.2) is 64.6 Å². The first-order valence-electron chi connectivity index (χ1n) is 9.42. The largest absolute Gasteiger partial charge is 0.380 e. The van der Waals surface area contributed by atoms with Crippen molar-refractivity contribution in [2.45, 2.75) is 19.9 Å². The van der Waals surface area contributed by atoms with Crippen LogP contribution in [0.4, 0.5) is 0 Å². The molecule has 1 aromatic rings. The fraction of sp³-hybridized carbons (Fsp3) is 0.333. The van der Waals surface area contributed by atoms with Crippen LogP contribution in [-0.2, 0) is 16.1 Å². The van der Waals surface area contributed by atoms with Crippen LogP contribution in [0.3, 0.4) is 0 Å². The Morgan fingerprint density at radius 1 is 1.26 bits per heavy atom. The van der Waals surface area contributed by atoms with Gasteiger partial charge in [-0.05, 0) is 18.6 Å². The van der Waals surface area contributed by atoms with Crippen molar-refractivity contribution < 1.29 is 9.53 Å². The van der Waals surface area contributed by atoms with Gasteiger partial charge >= 0.3 is 0 Å².